The normalized spacial score (nSPS) is 9.48. The molecule has 3 aromatic heterocycles. The van der Waals surface area contributed by atoms with Crippen LogP contribution in [0.4, 0.5) is 0 Å². The molecule has 1 amide bonds. The summed E-state index contributed by atoms with van der Waals surface area (Å²) in [7, 11) is 2.03. The topological polar surface area (TPSA) is 75.6 Å². The minimum atomic E-state index is 0.511. The third kappa shape index (κ3) is 11.7. The molecule has 0 radical (unpaired) electrons. The van der Waals surface area contributed by atoms with Crippen molar-refractivity contribution in [1.82, 2.24) is 25.1 Å². The summed E-state index contributed by atoms with van der Waals surface area (Å²) >= 11 is 0. The summed E-state index contributed by atoms with van der Waals surface area (Å²) in [4.78, 5) is 14.5. The lowest BCUT2D eigenvalue weighted by Gasteiger charge is -2.00. The zero-order chi connectivity index (χ0) is 25.6. The number of nitrogens with zero attached hydrogens (tertiary/aromatic N) is 3. The largest absolute Gasteiger partial charge is 0.355 e. The molecule has 0 aliphatic rings. The van der Waals surface area contributed by atoms with Crippen LogP contribution < -0.4 is 5.32 Å². The molecule has 182 valence electrons. The molecule has 0 saturated carbocycles. The minimum absolute atomic E-state index is 0.511. The average molecular weight is 454 g/mol. The van der Waals surface area contributed by atoms with Crippen LogP contribution in [0.25, 0.3) is 22.3 Å². The van der Waals surface area contributed by atoms with Gasteiger partial charge in [0.1, 0.15) is 5.65 Å². The van der Waals surface area contributed by atoms with Gasteiger partial charge in [-0.3, -0.25) is 9.89 Å². The summed E-state index contributed by atoms with van der Waals surface area (Å²) in [5.41, 5.74) is 5.07. The summed E-state index contributed by atoms with van der Waals surface area (Å²) in [6.07, 6.45) is 11.9. The fourth-order valence-corrected chi connectivity index (χ4v) is 2.42. The third-order valence-electron chi connectivity index (χ3n) is 3.96. The number of amides is 1. The van der Waals surface area contributed by atoms with E-state index in [-0.39, 0.29) is 0 Å². The van der Waals surface area contributed by atoms with Crippen molar-refractivity contribution in [3.05, 3.63) is 72.7 Å². The van der Waals surface area contributed by atoms with Gasteiger partial charge in [-0.1, -0.05) is 72.4 Å². The van der Waals surface area contributed by atoms with E-state index in [1.807, 2.05) is 92.1 Å². The lowest BCUT2D eigenvalue weighted by Crippen LogP contribution is -2.12. The molecular weight excluding hydrogens is 410 g/mol. The SMILES string of the molecule is C=C(/C=C\C=C/C)CNC=O.CC.CC.CC.Cc1cc2ccc(-c3cn[nH]c3)nc2n1C. The van der Waals surface area contributed by atoms with Crippen LogP contribution in [0.2, 0.25) is 0 Å². The number of pyridine rings is 1. The van der Waals surface area contributed by atoms with Gasteiger partial charge in [0.15, 0.2) is 0 Å². The molecule has 6 nitrogen and oxygen atoms in total. The second-order valence-electron chi connectivity index (χ2n) is 5.98. The van der Waals surface area contributed by atoms with Gasteiger partial charge < -0.3 is 9.88 Å². The van der Waals surface area contributed by atoms with Crippen LogP contribution in [0, 0.1) is 6.92 Å². The maximum Gasteiger partial charge on any atom is 0.207 e. The van der Waals surface area contributed by atoms with E-state index >= 15 is 0 Å². The fraction of sp³-hybridized carbons (Fsp3) is 0.370. The van der Waals surface area contributed by atoms with Crippen molar-refractivity contribution in [3.8, 4) is 11.3 Å². The van der Waals surface area contributed by atoms with Crippen LogP contribution in [-0.2, 0) is 11.8 Å². The smallest absolute Gasteiger partial charge is 0.207 e. The van der Waals surface area contributed by atoms with Crippen molar-refractivity contribution >= 4 is 17.4 Å². The number of aromatic nitrogens is 4. The number of aryl methyl sites for hydroxylation is 2. The highest BCUT2D eigenvalue weighted by Gasteiger charge is 2.06. The molecule has 3 heterocycles. The predicted octanol–water partition coefficient (Wildman–Crippen LogP) is 6.77. The molecule has 0 atom stereocenters. The van der Waals surface area contributed by atoms with Gasteiger partial charge in [0.25, 0.3) is 0 Å². The molecule has 0 spiro atoms. The number of allylic oxidation sites excluding steroid dienone is 3. The van der Waals surface area contributed by atoms with Crippen molar-refractivity contribution in [1.29, 1.82) is 0 Å². The van der Waals surface area contributed by atoms with Crippen LogP contribution in [-0.4, -0.2) is 32.7 Å². The molecule has 0 fully saturated rings. The van der Waals surface area contributed by atoms with Gasteiger partial charge in [-0.2, -0.15) is 5.10 Å². The van der Waals surface area contributed by atoms with Crippen LogP contribution in [0.5, 0.6) is 0 Å². The second-order valence-corrected chi connectivity index (χ2v) is 5.98. The first-order valence-corrected chi connectivity index (χ1v) is 11.6. The first-order chi connectivity index (χ1) is 16.1. The van der Waals surface area contributed by atoms with E-state index in [1.165, 1.54) is 11.1 Å². The second kappa shape index (κ2) is 20.5. The highest BCUT2D eigenvalue weighted by Crippen LogP contribution is 2.21. The Hall–Kier alpha value is -3.41. The molecule has 3 rings (SSSR count). The summed E-state index contributed by atoms with van der Waals surface area (Å²) in [5, 5.41) is 10.4. The summed E-state index contributed by atoms with van der Waals surface area (Å²) in [6.45, 7) is 20.3. The van der Waals surface area contributed by atoms with E-state index in [0.717, 1.165) is 22.5 Å². The molecule has 0 aliphatic carbocycles. The van der Waals surface area contributed by atoms with Gasteiger partial charge in [-0.25, -0.2) is 4.98 Å². The Morgan fingerprint density at radius 3 is 2.36 bits per heavy atom. The Labute approximate surface area is 200 Å². The molecule has 3 aromatic rings. The van der Waals surface area contributed by atoms with Crippen LogP contribution in [0.15, 0.2) is 67.0 Å². The molecule has 6 heteroatoms. The van der Waals surface area contributed by atoms with Gasteiger partial charge in [0, 0.05) is 36.4 Å². The van der Waals surface area contributed by atoms with Gasteiger partial charge in [0.2, 0.25) is 6.41 Å². The molecule has 0 saturated heterocycles. The van der Waals surface area contributed by atoms with Crippen LogP contribution in [0.3, 0.4) is 0 Å². The van der Waals surface area contributed by atoms with E-state index in [0.29, 0.717) is 13.0 Å². The van der Waals surface area contributed by atoms with E-state index in [2.05, 4.69) is 50.7 Å². The van der Waals surface area contributed by atoms with Gasteiger partial charge in [-0.15, -0.1) is 0 Å². The van der Waals surface area contributed by atoms with Crippen molar-refractivity contribution in [2.45, 2.75) is 55.4 Å². The number of rotatable bonds is 6. The number of fused-ring (bicyclic) bond motifs is 1. The zero-order valence-corrected chi connectivity index (χ0v) is 21.9. The molecule has 0 aromatic carbocycles. The lowest BCUT2D eigenvalue weighted by molar-refractivity contribution is -0.109. The van der Waals surface area contributed by atoms with Crippen LogP contribution in [0.1, 0.15) is 54.2 Å². The maximum absolute atomic E-state index is 9.85. The standard InChI is InChI=1S/C12H12N4.C9H13NO.3C2H6/c1-8-5-9-3-4-11(10-6-13-14-7-10)15-12(9)16(8)2;1-3-4-5-6-9(2)7-10-8-11;3*1-2/h3-7H,1-2H3,(H,13,14);3-6,8H,2,7H2,1H3,(H,10,11);3*1-2H3/b;4-3-,6-5-;;;. The molecule has 33 heavy (non-hydrogen) atoms. The number of H-pyrrole nitrogens is 1. The first-order valence-electron chi connectivity index (χ1n) is 11.6. The van der Waals surface area contributed by atoms with Gasteiger partial charge in [0.05, 0.1) is 11.9 Å². The Balaban J connectivity index is 0. The third-order valence-corrected chi connectivity index (χ3v) is 3.96. The summed E-state index contributed by atoms with van der Waals surface area (Å²) in [5.74, 6) is 0. The van der Waals surface area contributed by atoms with Crippen LogP contribution >= 0.6 is 0 Å². The van der Waals surface area contributed by atoms with Crippen molar-refractivity contribution in [2.24, 2.45) is 7.05 Å². The molecule has 0 bridgehead atoms. The number of carbonyl (C=O) groups is 1. The summed E-state index contributed by atoms with van der Waals surface area (Å²) < 4.78 is 2.10. The van der Waals surface area contributed by atoms with Gasteiger partial charge >= 0.3 is 0 Å². The number of carbonyl (C=O) groups excluding carboxylic acids is 1. The first kappa shape index (κ1) is 31.8. The number of nitrogens with one attached hydrogen (secondary N) is 2. The Kier molecular flexibility index (Phi) is 19.7. The van der Waals surface area contributed by atoms with E-state index in [4.69, 9.17) is 0 Å². The fourth-order valence-electron chi connectivity index (χ4n) is 2.42. The zero-order valence-electron chi connectivity index (χ0n) is 21.9. The van der Waals surface area contributed by atoms with Crippen molar-refractivity contribution in [3.63, 3.8) is 0 Å². The molecule has 0 unspecified atom stereocenters. The monoisotopic (exact) mass is 453 g/mol. The van der Waals surface area contributed by atoms with E-state index in [9.17, 15) is 4.79 Å². The lowest BCUT2D eigenvalue weighted by atomic mass is 10.2. The number of hydrogen-bond donors (Lipinski definition) is 2. The Morgan fingerprint density at radius 2 is 1.82 bits per heavy atom. The molecule has 0 aliphatic heterocycles. The molecule has 2 N–H and O–H groups in total. The average Bonchev–Trinajstić information content (AvgIpc) is 3.51. The van der Waals surface area contributed by atoms with Crippen molar-refractivity contribution in [2.75, 3.05) is 6.54 Å². The molecular formula is C27H43N5O. The highest BCUT2D eigenvalue weighted by atomic mass is 16.1. The maximum atomic E-state index is 9.85. The Morgan fingerprint density at radius 1 is 1.15 bits per heavy atom. The highest BCUT2D eigenvalue weighted by molar-refractivity contribution is 5.80. The quantitative estimate of drug-likeness (QED) is 0.319. The Bertz CT molecular complexity index is 950. The number of hydrogen-bond acceptors (Lipinski definition) is 3. The predicted molar refractivity (Wildman–Crippen MR) is 144 cm³/mol. The van der Waals surface area contributed by atoms with E-state index in [1.54, 1.807) is 6.20 Å². The minimum Gasteiger partial charge on any atom is -0.355 e. The van der Waals surface area contributed by atoms with E-state index < -0.39 is 0 Å². The van der Waals surface area contributed by atoms with Crippen molar-refractivity contribution < 1.29 is 4.79 Å². The number of aromatic amines is 1. The summed E-state index contributed by atoms with van der Waals surface area (Å²) in [6, 6.07) is 6.26. The van der Waals surface area contributed by atoms with Gasteiger partial charge in [-0.05, 0) is 37.6 Å².